The van der Waals surface area contributed by atoms with Crippen molar-refractivity contribution < 1.29 is 4.79 Å². The molecule has 0 atom stereocenters. The molecule has 0 spiro atoms. The number of carbonyl (C=O) groups is 1. The molecule has 1 amide bonds. The third kappa shape index (κ3) is 3.37. The van der Waals surface area contributed by atoms with Crippen LogP contribution in [0.3, 0.4) is 0 Å². The van der Waals surface area contributed by atoms with Gasteiger partial charge in [0.05, 0.1) is 28.8 Å². The molecule has 3 rings (SSSR count). The zero-order valence-electron chi connectivity index (χ0n) is 12.2. The van der Waals surface area contributed by atoms with Gasteiger partial charge in [-0.05, 0) is 50.5 Å². The zero-order chi connectivity index (χ0) is 14.8. The van der Waals surface area contributed by atoms with Crippen LogP contribution in [0.4, 0.5) is 11.4 Å². The molecule has 108 valence electrons. The van der Waals surface area contributed by atoms with Gasteiger partial charge in [-0.1, -0.05) is 6.07 Å². The van der Waals surface area contributed by atoms with E-state index < -0.39 is 0 Å². The smallest absolute Gasteiger partial charge is 0.257 e. The lowest BCUT2D eigenvalue weighted by Crippen LogP contribution is -2.15. The van der Waals surface area contributed by atoms with Crippen LogP contribution in [0.1, 0.15) is 34.5 Å². The van der Waals surface area contributed by atoms with E-state index in [-0.39, 0.29) is 5.91 Å². The van der Waals surface area contributed by atoms with E-state index in [0.29, 0.717) is 11.6 Å². The van der Waals surface area contributed by atoms with Gasteiger partial charge in [-0.15, -0.1) is 0 Å². The molecule has 2 aromatic rings. The molecule has 5 nitrogen and oxygen atoms in total. The molecule has 1 aliphatic rings. The standard InChI is InChI=1S/C16H18N4O/c1-10-3-6-14(15(7-10)18-13-4-5-13)19-16(21)12-8-11(2)20-17-9-12/h3,6-9,13,18H,4-5H2,1-2H3,(H,19,21). The minimum Gasteiger partial charge on any atom is -0.381 e. The van der Waals surface area contributed by atoms with Gasteiger partial charge in [-0.3, -0.25) is 4.79 Å². The number of benzene rings is 1. The number of carbonyl (C=O) groups excluding carboxylic acids is 1. The van der Waals surface area contributed by atoms with Crippen LogP contribution in [-0.2, 0) is 0 Å². The number of rotatable bonds is 4. The van der Waals surface area contributed by atoms with Crippen molar-refractivity contribution in [1.82, 2.24) is 10.2 Å². The summed E-state index contributed by atoms with van der Waals surface area (Å²) in [6.07, 6.45) is 3.86. The van der Waals surface area contributed by atoms with Crippen LogP contribution in [0.5, 0.6) is 0 Å². The van der Waals surface area contributed by atoms with Crippen LogP contribution in [0, 0.1) is 13.8 Å². The molecule has 1 aliphatic carbocycles. The Balaban J connectivity index is 1.81. The molecule has 1 aromatic carbocycles. The van der Waals surface area contributed by atoms with Crippen LogP contribution < -0.4 is 10.6 Å². The first-order valence-electron chi connectivity index (χ1n) is 7.10. The average Bonchev–Trinajstić information content (AvgIpc) is 3.26. The van der Waals surface area contributed by atoms with E-state index in [9.17, 15) is 4.79 Å². The van der Waals surface area contributed by atoms with Crippen molar-refractivity contribution in [2.24, 2.45) is 0 Å². The summed E-state index contributed by atoms with van der Waals surface area (Å²) in [7, 11) is 0. The Hall–Kier alpha value is -2.43. The topological polar surface area (TPSA) is 66.9 Å². The first-order valence-corrected chi connectivity index (χ1v) is 7.10. The Kier molecular flexibility index (Phi) is 3.56. The second kappa shape index (κ2) is 5.52. The summed E-state index contributed by atoms with van der Waals surface area (Å²) in [4.78, 5) is 12.3. The highest BCUT2D eigenvalue weighted by molar-refractivity contribution is 6.05. The van der Waals surface area contributed by atoms with Gasteiger partial charge in [0.15, 0.2) is 0 Å². The van der Waals surface area contributed by atoms with Crippen molar-refractivity contribution in [3.63, 3.8) is 0 Å². The average molecular weight is 282 g/mol. The van der Waals surface area contributed by atoms with Crippen molar-refractivity contribution in [2.45, 2.75) is 32.7 Å². The lowest BCUT2D eigenvalue weighted by molar-refractivity contribution is 0.102. The predicted molar refractivity (Wildman–Crippen MR) is 82.5 cm³/mol. The number of nitrogens with zero attached hydrogens (tertiary/aromatic N) is 2. The molecule has 2 N–H and O–H groups in total. The molecule has 1 aromatic heterocycles. The van der Waals surface area contributed by atoms with E-state index >= 15 is 0 Å². The number of hydrogen-bond donors (Lipinski definition) is 2. The Morgan fingerprint density at radius 3 is 2.71 bits per heavy atom. The van der Waals surface area contributed by atoms with Crippen molar-refractivity contribution in [2.75, 3.05) is 10.6 Å². The largest absolute Gasteiger partial charge is 0.381 e. The summed E-state index contributed by atoms with van der Waals surface area (Å²) in [5.41, 5.74) is 4.18. The number of anilines is 2. The van der Waals surface area contributed by atoms with Gasteiger partial charge in [0, 0.05) is 6.04 Å². The summed E-state index contributed by atoms with van der Waals surface area (Å²) < 4.78 is 0. The van der Waals surface area contributed by atoms with Gasteiger partial charge < -0.3 is 10.6 Å². The molecule has 0 bridgehead atoms. The fourth-order valence-corrected chi connectivity index (χ4v) is 2.13. The summed E-state index contributed by atoms with van der Waals surface area (Å²) in [6.45, 7) is 3.86. The Bertz CT molecular complexity index is 680. The summed E-state index contributed by atoms with van der Waals surface area (Å²) in [5.74, 6) is -0.171. The third-order valence-corrected chi connectivity index (χ3v) is 3.40. The molecule has 0 saturated heterocycles. The zero-order valence-corrected chi connectivity index (χ0v) is 12.2. The van der Waals surface area contributed by atoms with Gasteiger partial charge in [-0.2, -0.15) is 10.2 Å². The van der Waals surface area contributed by atoms with Crippen molar-refractivity contribution in [3.05, 3.63) is 47.3 Å². The van der Waals surface area contributed by atoms with E-state index in [4.69, 9.17) is 0 Å². The number of nitrogens with one attached hydrogen (secondary N) is 2. The lowest BCUT2D eigenvalue weighted by Gasteiger charge is -2.13. The normalized spacial score (nSPS) is 13.8. The maximum Gasteiger partial charge on any atom is 0.257 e. The highest BCUT2D eigenvalue weighted by Gasteiger charge is 2.22. The third-order valence-electron chi connectivity index (χ3n) is 3.40. The Morgan fingerprint density at radius 1 is 1.19 bits per heavy atom. The molecule has 0 aliphatic heterocycles. The second-order valence-corrected chi connectivity index (χ2v) is 5.51. The van der Waals surface area contributed by atoms with E-state index in [2.05, 4.69) is 26.9 Å². The molecular weight excluding hydrogens is 264 g/mol. The molecule has 0 unspecified atom stereocenters. The predicted octanol–water partition coefficient (Wildman–Crippen LogP) is 2.92. The maximum atomic E-state index is 12.3. The lowest BCUT2D eigenvalue weighted by atomic mass is 10.1. The summed E-state index contributed by atoms with van der Waals surface area (Å²) >= 11 is 0. The number of aromatic nitrogens is 2. The van der Waals surface area contributed by atoms with Gasteiger partial charge >= 0.3 is 0 Å². The quantitative estimate of drug-likeness (QED) is 0.904. The summed E-state index contributed by atoms with van der Waals surface area (Å²) in [5, 5.41) is 14.1. The van der Waals surface area contributed by atoms with Crippen molar-refractivity contribution >= 4 is 17.3 Å². The Morgan fingerprint density at radius 2 is 2.00 bits per heavy atom. The van der Waals surface area contributed by atoms with Crippen LogP contribution in [-0.4, -0.2) is 22.1 Å². The van der Waals surface area contributed by atoms with E-state index in [0.717, 1.165) is 22.6 Å². The first-order chi connectivity index (χ1) is 10.1. The highest BCUT2D eigenvalue weighted by atomic mass is 16.1. The van der Waals surface area contributed by atoms with Gasteiger partial charge in [0.1, 0.15) is 0 Å². The molecule has 5 heteroatoms. The molecule has 1 heterocycles. The van der Waals surface area contributed by atoms with E-state index in [1.165, 1.54) is 19.0 Å². The summed E-state index contributed by atoms with van der Waals surface area (Å²) in [6, 6.07) is 8.24. The molecule has 1 fully saturated rings. The molecule has 1 saturated carbocycles. The highest BCUT2D eigenvalue weighted by Crippen LogP contribution is 2.30. The van der Waals surface area contributed by atoms with Gasteiger partial charge in [-0.25, -0.2) is 0 Å². The SMILES string of the molecule is Cc1ccc(NC(=O)c2cnnc(C)c2)c(NC2CC2)c1. The number of amides is 1. The molecular formula is C16H18N4O. The number of aryl methyl sites for hydroxylation is 2. The minimum atomic E-state index is -0.171. The van der Waals surface area contributed by atoms with Crippen molar-refractivity contribution in [3.8, 4) is 0 Å². The van der Waals surface area contributed by atoms with Gasteiger partial charge in [0.2, 0.25) is 0 Å². The maximum absolute atomic E-state index is 12.3. The Labute approximate surface area is 123 Å². The second-order valence-electron chi connectivity index (χ2n) is 5.51. The first kappa shape index (κ1) is 13.5. The fourth-order valence-electron chi connectivity index (χ4n) is 2.13. The number of hydrogen-bond acceptors (Lipinski definition) is 4. The fraction of sp³-hybridized carbons (Fsp3) is 0.312. The van der Waals surface area contributed by atoms with Crippen LogP contribution in [0.15, 0.2) is 30.5 Å². The molecule has 0 radical (unpaired) electrons. The van der Waals surface area contributed by atoms with Crippen LogP contribution >= 0.6 is 0 Å². The van der Waals surface area contributed by atoms with E-state index in [1.807, 2.05) is 26.0 Å². The van der Waals surface area contributed by atoms with E-state index in [1.54, 1.807) is 6.07 Å². The van der Waals surface area contributed by atoms with Gasteiger partial charge in [0.25, 0.3) is 5.91 Å². The van der Waals surface area contributed by atoms with Crippen LogP contribution in [0.25, 0.3) is 0 Å². The molecule has 21 heavy (non-hydrogen) atoms. The minimum absolute atomic E-state index is 0.171. The monoisotopic (exact) mass is 282 g/mol. The van der Waals surface area contributed by atoms with Crippen molar-refractivity contribution in [1.29, 1.82) is 0 Å². The van der Waals surface area contributed by atoms with Crippen LogP contribution in [0.2, 0.25) is 0 Å².